The van der Waals surface area contributed by atoms with Gasteiger partial charge in [-0.05, 0) is 36.2 Å². The van der Waals surface area contributed by atoms with Gasteiger partial charge in [0.15, 0.2) is 0 Å². The molecule has 4 rings (SSSR count). The van der Waals surface area contributed by atoms with Crippen LogP contribution in [0.4, 0.5) is 0 Å². The fourth-order valence-corrected chi connectivity index (χ4v) is 4.07. The summed E-state index contributed by atoms with van der Waals surface area (Å²) < 4.78 is 1.74. The molecule has 3 aromatic rings. The Labute approximate surface area is 184 Å². The fraction of sp³-hybridized carbons (Fsp3) is 0.217. The maximum absolute atomic E-state index is 12.9. The van der Waals surface area contributed by atoms with Crippen molar-refractivity contribution in [1.82, 2.24) is 14.7 Å². The zero-order valence-electron chi connectivity index (χ0n) is 16.9. The highest BCUT2D eigenvalue weighted by atomic mass is 35.5. The maximum atomic E-state index is 12.9. The fourth-order valence-electron chi connectivity index (χ4n) is 3.87. The summed E-state index contributed by atoms with van der Waals surface area (Å²) >= 11 is 6.10. The molecule has 8 heteroatoms. The van der Waals surface area contributed by atoms with Crippen LogP contribution in [0.25, 0.3) is 11.3 Å². The van der Waals surface area contributed by atoms with E-state index in [0.29, 0.717) is 46.2 Å². The molecule has 1 aliphatic heterocycles. The van der Waals surface area contributed by atoms with Crippen molar-refractivity contribution in [3.05, 3.63) is 75.4 Å². The highest BCUT2D eigenvalue weighted by Gasteiger charge is 2.29. The quantitative estimate of drug-likeness (QED) is 0.682. The Hall–Kier alpha value is -3.63. The van der Waals surface area contributed by atoms with Crippen molar-refractivity contribution in [3.8, 4) is 17.3 Å². The van der Waals surface area contributed by atoms with Gasteiger partial charge in [-0.25, -0.2) is 0 Å². The van der Waals surface area contributed by atoms with Crippen molar-refractivity contribution in [3.63, 3.8) is 0 Å². The summed E-state index contributed by atoms with van der Waals surface area (Å²) in [6.45, 7) is 3.05. The van der Waals surface area contributed by atoms with Crippen LogP contribution in [-0.4, -0.2) is 33.0 Å². The summed E-state index contributed by atoms with van der Waals surface area (Å²) in [5, 5.41) is 14.2. The summed E-state index contributed by atoms with van der Waals surface area (Å²) in [4.78, 5) is 26.9. The SMILES string of the molecule is Cc1cc(CC(=O)N2CCn3nc(-c4cccc(Cl)c4)c(C(N)=O)c3C2)ccc1C#N. The van der Waals surface area contributed by atoms with Gasteiger partial charge in [0.05, 0.1) is 42.4 Å². The van der Waals surface area contributed by atoms with Crippen LogP contribution in [0.1, 0.15) is 32.7 Å². The lowest BCUT2D eigenvalue weighted by molar-refractivity contribution is -0.132. The molecule has 0 spiro atoms. The Balaban J connectivity index is 1.61. The number of aromatic nitrogens is 2. The first-order valence-corrected chi connectivity index (χ1v) is 10.2. The van der Waals surface area contributed by atoms with E-state index in [-0.39, 0.29) is 18.9 Å². The molecule has 156 valence electrons. The molecule has 2 aromatic carbocycles. The van der Waals surface area contributed by atoms with E-state index in [4.69, 9.17) is 22.6 Å². The van der Waals surface area contributed by atoms with Gasteiger partial charge in [0.25, 0.3) is 5.91 Å². The van der Waals surface area contributed by atoms with E-state index in [2.05, 4.69) is 11.2 Å². The van der Waals surface area contributed by atoms with Gasteiger partial charge in [-0.15, -0.1) is 0 Å². The number of hydrogen-bond acceptors (Lipinski definition) is 4. The molecule has 2 heterocycles. The molecule has 0 saturated carbocycles. The lowest BCUT2D eigenvalue weighted by Crippen LogP contribution is -2.40. The minimum atomic E-state index is -0.590. The number of nitrogens with zero attached hydrogens (tertiary/aromatic N) is 4. The van der Waals surface area contributed by atoms with E-state index < -0.39 is 5.91 Å². The molecule has 0 saturated heterocycles. The number of fused-ring (bicyclic) bond motifs is 1. The van der Waals surface area contributed by atoms with E-state index in [0.717, 1.165) is 11.1 Å². The van der Waals surface area contributed by atoms with Crippen LogP contribution in [0, 0.1) is 18.3 Å². The van der Waals surface area contributed by atoms with E-state index in [1.54, 1.807) is 39.9 Å². The van der Waals surface area contributed by atoms with Crippen molar-refractivity contribution >= 4 is 23.4 Å². The number of nitrogens with two attached hydrogens (primary N) is 1. The monoisotopic (exact) mass is 433 g/mol. The van der Waals surface area contributed by atoms with Crippen LogP contribution in [0.5, 0.6) is 0 Å². The minimum absolute atomic E-state index is 0.0590. The number of amides is 2. The van der Waals surface area contributed by atoms with Gasteiger partial charge in [-0.3, -0.25) is 14.3 Å². The van der Waals surface area contributed by atoms with Gasteiger partial charge >= 0.3 is 0 Å². The van der Waals surface area contributed by atoms with Crippen molar-refractivity contribution in [2.24, 2.45) is 5.73 Å². The number of benzene rings is 2. The van der Waals surface area contributed by atoms with Crippen LogP contribution < -0.4 is 5.73 Å². The number of carbonyl (C=O) groups is 2. The first kappa shape index (κ1) is 20.6. The van der Waals surface area contributed by atoms with Crippen molar-refractivity contribution in [2.75, 3.05) is 6.54 Å². The molecule has 0 fully saturated rings. The predicted octanol–water partition coefficient (Wildman–Crippen LogP) is 3.07. The third kappa shape index (κ3) is 4.03. The van der Waals surface area contributed by atoms with E-state index in [1.165, 1.54) is 0 Å². The molecule has 0 unspecified atom stereocenters. The van der Waals surface area contributed by atoms with Crippen molar-refractivity contribution in [1.29, 1.82) is 5.26 Å². The van der Waals surface area contributed by atoms with Crippen molar-refractivity contribution in [2.45, 2.75) is 26.4 Å². The number of hydrogen-bond donors (Lipinski definition) is 1. The Bertz CT molecular complexity index is 1240. The average molecular weight is 434 g/mol. The predicted molar refractivity (Wildman–Crippen MR) is 116 cm³/mol. The number of nitriles is 1. The number of carbonyl (C=O) groups excluding carboxylic acids is 2. The van der Waals surface area contributed by atoms with E-state index in [1.807, 2.05) is 19.1 Å². The number of rotatable bonds is 4. The van der Waals surface area contributed by atoms with Crippen LogP contribution in [0.3, 0.4) is 0 Å². The normalized spacial score (nSPS) is 12.9. The molecule has 0 radical (unpaired) electrons. The molecule has 31 heavy (non-hydrogen) atoms. The third-order valence-electron chi connectivity index (χ3n) is 5.44. The van der Waals surface area contributed by atoms with Gasteiger partial charge in [0.1, 0.15) is 5.69 Å². The number of aryl methyl sites for hydroxylation is 1. The molecule has 0 bridgehead atoms. The average Bonchev–Trinajstić information content (AvgIpc) is 3.13. The molecule has 7 nitrogen and oxygen atoms in total. The Morgan fingerprint density at radius 1 is 1.23 bits per heavy atom. The molecular formula is C23H20ClN5O2. The standard InChI is InChI=1S/C23H20ClN5O2/c1-14-9-15(5-6-17(14)12-25)10-20(30)28-7-8-29-19(13-28)21(23(26)31)22(27-29)16-3-2-4-18(24)11-16/h2-6,9,11H,7-8,10,13H2,1H3,(H2,26,31). The zero-order chi connectivity index (χ0) is 22.1. The molecule has 1 aliphatic rings. The second-order valence-electron chi connectivity index (χ2n) is 7.52. The topological polar surface area (TPSA) is 105 Å². The molecule has 0 atom stereocenters. The lowest BCUT2D eigenvalue weighted by Gasteiger charge is -2.28. The van der Waals surface area contributed by atoms with Crippen LogP contribution in [0.2, 0.25) is 5.02 Å². The summed E-state index contributed by atoms with van der Waals surface area (Å²) in [6.07, 6.45) is 0.216. The van der Waals surface area contributed by atoms with Gasteiger partial charge in [0, 0.05) is 17.1 Å². The molecule has 1 aromatic heterocycles. The minimum Gasteiger partial charge on any atom is -0.365 e. The highest BCUT2D eigenvalue weighted by molar-refractivity contribution is 6.30. The Kier molecular flexibility index (Phi) is 5.49. The van der Waals surface area contributed by atoms with Crippen molar-refractivity contribution < 1.29 is 9.59 Å². The molecular weight excluding hydrogens is 414 g/mol. The highest BCUT2D eigenvalue weighted by Crippen LogP contribution is 2.30. The van der Waals surface area contributed by atoms with Crippen LogP contribution >= 0.6 is 11.6 Å². The first-order valence-electron chi connectivity index (χ1n) is 9.80. The Morgan fingerprint density at radius 2 is 2.03 bits per heavy atom. The van der Waals surface area contributed by atoms with E-state index >= 15 is 0 Å². The third-order valence-corrected chi connectivity index (χ3v) is 5.68. The number of halogens is 1. The van der Waals surface area contributed by atoms with Crippen LogP contribution in [-0.2, 0) is 24.3 Å². The molecule has 2 amide bonds. The smallest absolute Gasteiger partial charge is 0.252 e. The summed E-state index contributed by atoms with van der Waals surface area (Å²) in [6, 6.07) is 14.6. The van der Waals surface area contributed by atoms with E-state index in [9.17, 15) is 9.59 Å². The zero-order valence-corrected chi connectivity index (χ0v) is 17.7. The van der Waals surface area contributed by atoms with Gasteiger partial charge in [-0.2, -0.15) is 10.4 Å². The summed E-state index contributed by atoms with van der Waals surface area (Å²) in [5.74, 6) is -0.649. The first-order chi connectivity index (χ1) is 14.9. The van der Waals surface area contributed by atoms with Gasteiger partial charge in [-0.1, -0.05) is 35.9 Å². The van der Waals surface area contributed by atoms with Crippen LogP contribution in [0.15, 0.2) is 42.5 Å². The largest absolute Gasteiger partial charge is 0.365 e. The van der Waals surface area contributed by atoms with Gasteiger partial charge in [0.2, 0.25) is 5.91 Å². The van der Waals surface area contributed by atoms with Gasteiger partial charge < -0.3 is 10.6 Å². The number of primary amides is 1. The second kappa shape index (κ2) is 8.25. The maximum Gasteiger partial charge on any atom is 0.252 e. The molecule has 0 aliphatic carbocycles. The second-order valence-corrected chi connectivity index (χ2v) is 7.96. The Morgan fingerprint density at radius 3 is 2.71 bits per heavy atom. The lowest BCUT2D eigenvalue weighted by atomic mass is 10.0. The molecule has 2 N–H and O–H groups in total. The summed E-state index contributed by atoms with van der Waals surface area (Å²) in [7, 11) is 0. The summed E-state index contributed by atoms with van der Waals surface area (Å²) in [5.41, 5.74) is 10.1.